The van der Waals surface area contributed by atoms with Crippen molar-refractivity contribution in [1.82, 2.24) is 4.57 Å². The molecule has 0 saturated carbocycles. The Kier molecular flexibility index (Phi) is 19.5. The molecule has 0 spiro atoms. The monoisotopic (exact) mass is 394 g/mol. The molecule has 0 radical (unpaired) electrons. The van der Waals surface area contributed by atoms with Gasteiger partial charge in [-0.15, -0.1) is 0 Å². The molecular weight excluding hydrogens is 348 g/mol. The van der Waals surface area contributed by atoms with Gasteiger partial charge in [0.1, 0.15) is 12.4 Å². The number of nitrogens with zero attached hydrogens (tertiary/aromatic N) is 2. The van der Waals surface area contributed by atoms with Gasteiger partial charge in [0, 0.05) is 6.47 Å². The quantitative estimate of drug-likeness (QED) is 0.205. The van der Waals surface area contributed by atoms with Crippen LogP contribution in [0.2, 0.25) is 0 Å². The summed E-state index contributed by atoms with van der Waals surface area (Å²) in [7, 11) is 0. The Labute approximate surface area is 174 Å². The van der Waals surface area contributed by atoms with E-state index >= 15 is 0 Å². The summed E-state index contributed by atoms with van der Waals surface area (Å²) < 4.78 is 4.79. The first kappa shape index (κ1) is 26.7. The van der Waals surface area contributed by atoms with Crippen LogP contribution in [0.4, 0.5) is 0 Å². The highest BCUT2D eigenvalue weighted by atomic mass is 16.3. The first-order valence-corrected chi connectivity index (χ1v) is 11.8. The Bertz CT molecular complexity index is 446. The van der Waals surface area contributed by atoms with Crippen LogP contribution in [0.25, 0.3) is 0 Å². The molecule has 28 heavy (non-hydrogen) atoms. The SMILES string of the molecule is CCCCCCCCCCCC[n+]1ccn(CC(CC)CCCC)c1.O=C[O-]. The number of hydrogen-bond acceptors (Lipinski definition) is 2. The molecule has 1 aromatic rings. The van der Waals surface area contributed by atoms with E-state index in [9.17, 15) is 0 Å². The highest BCUT2D eigenvalue weighted by Gasteiger charge is 2.11. The van der Waals surface area contributed by atoms with Gasteiger partial charge in [0.2, 0.25) is 6.33 Å². The summed E-state index contributed by atoms with van der Waals surface area (Å²) in [4.78, 5) is 8.25. The molecule has 1 rings (SSSR count). The number of rotatable bonds is 17. The van der Waals surface area contributed by atoms with Gasteiger partial charge in [0.25, 0.3) is 0 Å². The van der Waals surface area contributed by atoms with Crippen molar-refractivity contribution in [2.24, 2.45) is 5.92 Å². The fourth-order valence-electron chi connectivity index (χ4n) is 3.68. The summed E-state index contributed by atoms with van der Waals surface area (Å²) in [5.41, 5.74) is 0. The van der Waals surface area contributed by atoms with E-state index in [1.54, 1.807) is 0 Å². The van der Waals surface area contributed by atoms with Crippen molar-refractivity contribution in [1.29, 1.82) is 0 Å². The van der Waals surface area contributed by atoms with Crippen molar-refractivity contribution in [3.8, 4) is 0 Å². The Hall–Kier alpha value is -1.32. The largest absolute Gasteiger partial charge is 0.554 e. The van der Waals surface area contributed by atoms with Crippen molar-refractivity contribution in [3.05, 3.63) is 18.7 Å². The smallest absolute Gasteiger partial charge is 0.243 e. The predicted molar refractivity (Wildman–Crippen MR) is 116 cm³/mol. The third-order valence-electron chi connectivity index (χ3n) is 5.53. The highest BCUT2D eigenvalue weighted by Crippen LogP contribution is 2.14. The molecule has 164 valence electrons. The Balaban J connectivity index is 0.00000227. The summed E-state index contributed by atoms with van der Waals surface area (Å²) in [5.74, 6) is 0.845. The van der Waals surface area contributed by atoms with Crippen molar-refractivity contribution in [2.45, 2.75) is 124 Å². The second-order valence-electron chi connectivity index (χ2n) is 8.04. The van der Waals surface area contributed by atoms with Crippen molar-refractivity contribution in [3.63, 3.8) is 0 Å². The molecule has 0 fully saturated rings. The van der Waals surface area contributed by atoms with Gasteiger partial charge < -0.3 is 9.90 Å². The molecule has 0 aromatic carbocycles. The maximum absolute atomic E-state index is 8.25. The molecule has 1 aromatic heterocycles. The second kappa shape index (κ2) is 20.4. The minimum absolute atomic E-state index is 0.500. The number of aryl methyl sites for hydroxylation is 1. The zero-order valence-electron chi connectivity index (χ0n) is 18.9. The lowest BCUT2D eigenvalue weighted by atomic mass is 9.99. The normalized spacial score (nSPS) is 11.7. The molecule has 4 heteroatoms. The van der Waals surface area contributed by atoms with Crippen LogP contribution < -0.4 is 9.67 Å². The molecule has 1 unspecified atom stereocenters. The van der Waals surface area contributed by atoms with Gasteiger partial charge in [-0.05, 0) is 31.6 Å². The maximum atomic E-state index is 8.25. The van der Waals surface area contributed by atoms with E-state index in [0.29, 0.717) is 0 Å². The van der Waals surface area contributed by atoms with Gasteiger partial charge in [0.05, 0.1) is 13.1 Å². The molecule has 1 heterocycles. The number of carbonyl (C=O) groups is 1. The third-order valence-corrected chi connectivity index (χ3v) is 5.53. The van der Waals surface area contributed by atoms with Crippen molar-refractivity contribution >= 4 is 6.47 Å². The van der Waals surface area contributed by atoms with E-state index in [2.05, 4.69) is 48.6 Å². The summed E-state index contributed by atoms with van der Waals surface area (Å²) in [6, 6.07) is 0. The number of unbranched alkanes of at least 4 members (excludes halogenated alkanes) is 10. The Morgan fingerprint density at radius 1 is 0.893 bits per heavy atom. The average molecular weight is 395 g/mol. The number of carbonyl (C=O) groups excluding carboxylic acids is 1. The number of aromatic nitrogens is 2. The fourth-order valence-corrected chi connectivity index (χ4v) is 3.68. The molecule has 0 N–H and O–H groups in total. The minimum atomic E-state index is -0.500. The summed E-state index contributed by atoms with van der Waals surface area (Å²) in [6.45, 7) is 8.81. The molecular formula is C24H46N2O2. The van der Waals surface area contributed by atoms with Crippen LogP contribution in [0.5, 0.6) is 0 Å². The summed E-state index contributed by atoms with van der Waals surface area (Å²) in [5, 5.41) is 8.25. The van der Waals surface area contributed by atoms with Gasteiger partial charge in [-0.2, -0.15) is 0 Å². The third kappa shape index (κ3) is 15.7. The van der Waals surface area contributed by atoms with Crippen LogP contribution in [0.3, 0.4) is 0 Å². The second-order valence-corrected chi connectivity index (χ2v) is 8.04. The molecule has 4 nitrogen and oxygen atoms in total. The molecule has 0 saturated heterocycles. The van der Waals surface area contributed by atoms with Crippen LogP contribution in [0.15, 0.2) is 18.7 Å². The molecule has 0 aliphatic rings. The van der Waals surface area contributed by atoms with Gasteiger partial charge in [0.15, 0.2) is 0 Å². The molecule has 0 aliphatic carbocycles. The molecule has 1 atom stereocenters. The number of imidazole rings is 1. The fraction of sp³-hybridized carbons (Fsp3) is 0.833. The molecule has 0 aliphatic heterocycles. The zero-order chi connectivity index (χ0) is 20.9. The van der Waals surface area contributed by atoms with Crippen LogP contribution in [0.1, 0.15) is 111 Å². The van der Waals surface area contributed by atoms with E-state index in [1.807, 2.05) is 0 Å². The van der Waals surface area contributed by atoms with Gasteiger partial charge >= 0.3 is 0 Å². The number of carboxylic acid groups (broad SMARTS) is 1. The van der Waals surface area contributed by atoms with Gasteiger partial charge in [-0.3, -0.25) is 0 Å². The van der Waals surface area contributed by atoms with Crippen LogP contribution in [0, 0.1) is 5.92 Å². The lowest BCUT2D eigenvalue weighted by Crippen LogP contribution is -2.31. The van der Waals surface area contributed by atoms with Gasteiger partial charge in [-0.1, -0.05) is 85.0 Å². The van der Waals surface area contributed by atoms with Gasteiger partial charge in [-0.25, -0.2) is 9.13 Å². The summed E-state index contributed by atoms with van der Waals surface area (Å²) in [6.07, 6.45) is 26.4. The van der Waals surface area contributed by atoms with E-state index in [4.69, 9.17) is 9.90 Å². The average Bonchev–Trinajstić information content (AvgIpc) is 3.14. The van der Waals surface area contributed by atoms with Crippen molar-refractivity contribution < 1.29 is 14.5 Å². The molecule has 0 amide bonds. The maximum Gasteiger partial charge on any atom is 0.243 e. The number of hydrogen-bond donors (Lipinski definition) is 0. The van der Waals surface area contributed by atoms with E-state index in [0.717, 1.165) is 5.92 Å². The van der Waals surface area contributed by atoms with E-state index < -0.39 is 6.47 Å². The first-order chi connectivity index (χ1) is 13.7. The molecule has 0 bridgehead atoms. The van der Waals surface area contributed by atoms with Crippen molar-refractivity contribution in [2.75, 3.05) is 0 Å². The van der Waals surface area contributed by atoms with Crippen LogP contribution in [-0.4, -0.2) is 11.0 Å². The predicted octanol–water partition coefficient (Wildman–Crippen LogP) is 5.28. The highest BCUT2D eigenvalue weighted by molar-refractivity contribution is 5.29. The Morgan fingerprint density at radius 2 is 1.43 bits per heavy atom. The first-order valence-electron chi connectivity index (χ1n) is 11.8. The minimum Gasteiger partial charge on any atom is -0.554 e. The summed E-state index contributed by atoms with van der Waals surface area (Å²) >= 11 is 0. The lowest BCUT2D eigenvalue weighted by molar-refractivity contribution is -0.697. The van der Waals surface area contributed by atoms with Crippen LogP contribution >= 0.6 is 0 Å². The topological polar surface area (TPSA) is 48.9 Å². The Morgan fingerprint density at radius 3 is 1.96 bits per heavy atom. The standard InChI is InChI=1S/C23H45N2.CH2O2/c1-4-7-9-10-11-12-13-14-15-16-18-24-19-20-25(22-24)21-23(6-3)17-8-5-2;2-1-3/h19-20,22-23H,4-18,21H2,1-3H3;1H,(H,2,3)/q+1;/p-1. The lowest BCUT2D eigenvalue weighted by Gasteiger charge is -2.11. The zero-order valence-corrected chi connectivity index (χ0v) is 18.9. The van der Waals surface area contributed by atoms with Crippen LogP contribution in [-0.2, 0) is 17.9 Å². The van der Waals surface area contributed by atoms with E-state index in [-0.39, 0.29) is 0 Å². The van der Waals surface area contributed by atoms with E-state index in [1.165, 1.54) is 103 Å².